The maximum absolute atomic E-state index is 6.41. The number of hydrogen-bond donors (Lipinski definition) is 1. The average Bonchev–Trinajstić information content (AvgIpc) is 2.99. The number of thioether (sulfide) groups is 1. The molecule has 0 radical (unpaired) electrons. The molecule has 2 N–H and O–H groups in total. The van der Waals surface area contributed by atoms with E-state index in [9.17, 15) is 0 Å². The van der Waals surface area contributed by atoms with Gasteiger partial charge in [0.1, 0.15) is 0 Å². The standard InChI is InChI=1S/C16H21N3S/c17-15(9-13-5-2-1-3-6-13)16-10-18-12-19(16)14-7-4-8-20-11-14/h1-3,5-6,10,12,14-15H,4,7-9,11,17H2/t14?,15-/m1/s1. The van der Waals surface area contributed by atoms with Crippen LogP contribution >= 0.6 is 11.8 Å². The van der Waals surface area contributed by atoms with Crippen molar-refractivity contribution in [3.05, 3.63) is 54.1 Å². The van der Waals surface area contributed by atoms with E-state index in [1.54, 1.807) is 0 Å². The lowest BCUT2D eigenvalue weighted by atomic mass is 10.0. The Hall–Kier alpha value is -1.26. The highest BCUT2D eigenvalue weighted by Gasteiger charge is 2.20. The topological polar surface area (TPSA) is 43.8 Å². The number of nitrogens with two attached hydrogens (primary N) is 1. The monoisotopic (exact) mass is 287 g/mol. The Labute approximate surface area is 124 Å². The maximum atomic E-state index is 6.41. The van der Waals surface area contributed by atoms with E-state index < -0.39 is 0 Å². The highest BCUT2D eigenvalue weighted by molar-refractivity contribution is 7.99. The molecule has 20 heavy (non-hydrogen) atoms. The molecule has 1 aromatic carbocycles. The van der Waals surface area contributed by atoms with E-state index in [2.05, 4.69) is 33.8 Å². The van der Waals surface area contributed by atoms with Gasteiger partial charge < -0.3 is 10.3 Å². The molecule has 1 aromatic heterocycles. The zero-order valence-corrected chi connectivity index (χ0v) is 12.4. The fourth-order valence-electron chi connectivity index (χ4n) is 2.82. The molecule has 4 heteroatoms. The van der Waals surface area contributed by atoms with Crippen LogP contribution in [0.5, 0.6) is 0 Å². The zero-order valence-electron chi connectivity index (χ0n) is 11.6. The molecule has 0 bridgehead atoms. The fraction of sp³-hybridized carbons (Fsp3) is 0.438. The normalized spacial score (nSPS) is 20.8. The van der Waals surface area contributed by atoms with E-state index in [1.807, 2.05) is 30.4 Å². The molecule has 0 saturated carbocycles. The van der Waals surface area contributed by atoms with Gasteiger partial charge in [-0.15, -0.1) is 0 Å². The van der Waals surface area contributed by atoms with Crippen LogP contribution in [-0.2, 0) is 6.42 Å². The highest BCUT2D eigenvalue weighted by Crippen LogP contribution is 2.29. The van der Waals surface area contributed by atoms with Gasteiger partial charge in [0.15, 0.2) is 0 Å². The third-order valence-electron chi connectivity index (χ3n) is 3.90. The van der Waals surface area contributed by atoms with Crippen LogP contribution in [0.1, 0.15) is 36.2 Å². The van der Waals surface area contributed by atoms with E-state index in [4.69, 9.17) is 5.73 Å². The average molecular weight is 287 g/mol. The Balaban J connectivity index is 1.75. The molecule has 3 nitrogen and oxygen atoms in total. The van der Waals surface area contributed by atoms with Crippen molar-refractivity contribution in [2.24, 2.45) is 5.73 Å². The lowest BCUT2D eigenvalue weighted by Crippen LogP contribution is -2.23. The smallest absolute Gasteiger partial charge is 0.0951 e. The maximum Gasteiger partial charge on any atom is 0.0951 e. The highest BCUT2D eigenvalue weighted by atomic mass is 32.2. The third kappa shape index (κ3) is 3.07. The van der Waals surface area contributed by atoms with E-state index in [0.29, 0.717) is 6.04 Å². The van der Waals surface area contributed by atoms with Gasteiger partial charge in [0.25, 0.3) is 0 Å². The molecule has 2 heterocycles. The van der Waals surface area contributed by atoms with E-state index in [0.717, 1.165) is 6.42 Å². The third-order valence-corrected chi connectivity index (χ3v) is 5.10. The summed E-state index contributed by atoms with van der Waals surface area (Å²) in [4.78, 5) is 4.33. The van der Waals surface area contributed by atoms with Gasteiger partial charge in [0.05, 0.1) is 18.1 Å². The van der Waals surface area contributed by atoms with Crippen molar-refractivity contribution in [1.29, 1.82) is 0 Å². The second kappa shape index (κ2) is 6.46. The summed E-state index contributed by atoms with van der Waals surface area (Å²) in [5.41, 5.74) is 8.86. The van der Waals surface area contributed by atoms with E-state index in [1.165, 1.54) is 35.6 Å². The van der Waals surface area contributed by atoms with Crippen LogP contribution in [0.25, 0.3) is 0 Å². The number of rotatable bonds is 4. The summed E-state index contributed by atoms with van der Waals surface area (Å²) in [6, 6.07) is 11.0. The van der Waals surface area contributed by atoms with Gasteiger partial charge in [-0.2, -0.15) is 11.8 Å². The minimum atomic E-state index is 0.0202. The minimum absolute atomic E-state index is 0.0202. The van der Waals surface area contributed by atoms with Crippen molar-refractivity contribution in [2.45, 2.75) is 31.3 Å². The number of benzene rings is 1. The number of nitrogens with zero attached hydrogens (tertiary/aromatic N) is 2. The molecule has 1 aliphatic rings. The van der Waals surface area contributed by atoms with Gasteiger partial charge in [0.2, 0.25) is 0 Å². The second-order valence-electron chi connectivity index (χ2n) is 5.39. The molecular formula is C16H21N3S. The molecule has 2 aromatic rings. The van der Waals surface area contributed by atoms with Crippen LogP contribution in [0.2, 0.25) is 0 Å². The van der Waals surface area contributed by atoms with Crippen molar-refractivity contribution in [1.82, 2.24) is 9.55 Å². The summed E-state index contributed by atoms with van der Waals surface area (Å²) < 4.78 is 2.31. The first-order valence-corrected chi connectivity index (χ1v) is 8.39. The van der Waals surface area contributed by atoms with Gasteiger partial charge in [-0.25, -0.2) is 4.98 Å². The summed E-state index contributed by atoms with van der Waals surface area (Å²) in [5, 5.41) is 0. The molecule has 0 spiro atoms. The van der Waals surface area contributed by atoms with Crippen LogP contribution in [0.15, 0.2) is 42.9 Å². The minimum Gasteiger partial charge on any atom is -0.329 e. The van der Waals surface area contributed by atoms with Crippen LogP contribution in [-0.4, -0.2) is 21.1 Å². The summed E-state index contributed by atoms with van der Waals surface area (Å²) in [7, 11) is 0. The quantitative estimate of drug-likeness (QED) is 0.939. The van der Waals surface area contributed by atoms with Crippen LogP contribution < -0.4 is 5.73 Å². The van der Waals surface area contributed by atoms with Gasteiger partial charge >= 0.3 is 0 Å². The lowest BCUT2D eigenvalue weighted by molar-refractivity contribution is 0.469. The van der Waals surface area contributed by atoms with Crippen molar-refractivity contribution in [3.63, 3.8) is 0 Å². The molecule has 2 atom stereocenters. The first-order valence-electron chi connectivity index (χ1n) is 7.23. The van der Waals surface area contributed by atoms with Crippen molar-refractivity contribution in [3.8, 4) is 0 Å². The van der Waals surface area contributed by atoms with Gasteiger partial charge in [-0.1, -0.05) is 30.3 Å². The molecule has 1 unspecified atom stereocenters. The molecule has 3 rings (SSSR count). The first-order chi connectivity index (χ1) is 9.84. The molecule has 106 valence electrons. The Morgan fingerprint density at radius 2 is 2.20 bits per heavy atom. The number of hydrogen-bond acceptors (Lipinski definition) is 3. The molecular weight excluding hydrogens is 266 g/mol. The summed E-state index contributed by atoms with van der Waals surface area (Å²) >= 11 is 2.04. The van der Waals surface area contributed by atoms with Gasteiger partial charge in [-0.3, -0.25) is 0 Å². The Kier molecular flexibility index (Phi) is 4.43. The number of aromatic nitrogens is 2. The van der Waals surface area contributed by atoms with E-state index in [-0.39, 0.29) is 6.04 Å². The van der Waals surface area contributed by atoms with Crippen molar-refractivity contribution < 1.29 is 0 Å². The Bertz CT molecular complexity index is 532. The van der Waals surface area contributed by atoms with Crippen LogP contribution in [0.4, 0.5) is 0 Å². The van der Waals surface area contributed by atoms with Crippen molar-refractivity contribution >= 4 is 11.8 Å². The summed E-state index contributed by atoms with van der Waals surface area (Å²) in [5.74, 6) is 2.47. The largest absolute Gasteiger partial charge is 0.329 e. The van der Waals surface area contributed by atoms with Gasteiger partial charge in [0, 0.05) is 18.0 Å². The van der Waals surface area contributed by atoms with Crippen LogP contribution in [0.3, 0.4) is 0 Å². The van der Waals surface area contributed by atoms with Crippen molar-refractivity contribution in [2.75, 3.05) is 11.5 Å². The second-order valence-corrected chi connectivity index (χ2v) is 6.54. The fourth-order valence-corrected chi connectivity index (χ4v) is 3.96. The predicted molar refractivity (Wildman–Crippen MR) is 84.9 cm³/mol. The van der Waals surface area contributed by atoms with Gasteiger partial charge in [-0.05, 0) is 30.6 Å². The zero-order chi connectivity index (χ0) is 13.8. The number of imidazole rings is 1. The molecule has 1 aliphatic heterocycles. The Morgan fingerprint density at radius 3 is 2.95 bits per heavy atom. The SMILES string of the molecule is N[C@H](Cc1ccccc1)c1cncn1C1CCCSC1. The summed E-state index contributed by atoms with van der Waals surface area (Å²) in [6.45, 7) is 0. The summed E-state index contributed by atoms with van der Waals surface area (Å²) in [6.07, 6.45) is 7.30. The van der Waals surface area contributed by atoms with Crippen LogP contribution in [0, 0.1) is 0 Å². The Morgan fingerprint density at radius 1 is 1.35 bits per heavy atom. The molecule has 1 fully saturated rings. The predicted octanol–water partition coefficient (Wildman–Crippen LogP) is 3.19. The van der Waals surface area contributed by atoms with E-state index >= 15 is 0 Å². The molecule has 1 saturated heterocycles. The molecule has 0 amide bonds. The first kappa shape index (κ1) is 13.7. The molecule has 0 aliphatic carbocycles. The lowest BCUT2D eigenvalue weighted by Gasteiger charge is -2.26.